The maximum absolute atomic E-state index is 11.9. The van der Waals surface area contributed by atoms with Crippen LogP contribution in [0.2, 0.25) is 0 Å². The molecule has 0 aliphatic rings. The van der Waals surface area contributed by atoms with Crippen molar-refractivity contribution in [2.45, 2.75) is 6.92 Å². The Balaban J connectivity index is 1.93. The molecule has 108 valence electrons. The molecule has 1 N–H and O–H groups in total. The highest BCUT2D eigenvalue weighted by Crippen LogP contribution is 2.12. The average molecular weight is 394 g/mol. The largest absolute Gasteiger partial charge is 0.494 e. The van der Waals surface area contributed by atoms with E-state index in [4.69, 9.17) is 4.74 Å². The molecule has 0 saturated carbocycles. The third-order valence-corrected chi connectivity index (χ3v) is 3.40. The molecule has 0 heterocycles. The fourth-order valence-electron chi connectivity index (χ4n) is 1.65. The van der Waals surface area contributed by atoms with Crippen LogP contribution in [0.15, 0.2) is 53.6 Å². The van der Waals surface area contributed by atoms with Crippen molar-refractivity contribution >= 4 is 34.7 Å². The van der Waals surface area contributed by atoms with Gasteiger partial charge in [-0.05, 0) is 71.5 Å². The predicted molar refractivity (Wildman–Crippen MR) is 91.8 cm³/mol. The maximum atomic E-state index is 11.9. The lowest BCUT2D eigenvalue weighted by molar-refractivity contribution is 0.0955. The molecule has 0 aliphatic carbocycles. The summed E-state index contributed by atoms with van der Waals surface area (Å²) >= 11 is 2.24. The molecule has 2 aromatic carbocycles. The normalized spacial score (nSPS) is 10.6. The van der Waals surface area contributed by atoms with E-state index in [-0.39, 0.29) is 5.91 Å². The van der Waals surface area contributed by atoms with E-state index in [2.05, 4.69) is 33.1 Å². The Morgan fingerprint density at radius 3 is 2.48 bits per heavy atom. The monoisotopic (exact) mass is 394 g/mol. The third-order valence-electron chi connectivity index (χ3n) is 2.68. The van der Waals surface area contributed by atoms with Crippen LogP contribution in [0.4, 0.5) is 0 Å². The minimum Gasteiger partial charge on any atom is -0.494 e. The Kier molecular flexibility index (Phi) is 5.74. The van der Waals surface area contributed by atoms with E-state index in [0.29, 0.717) is 12.2 Å². The lowest BCUT2D eigenvalue weighted by Crippen LogP contribution is -2.17. The number of hydrogen-bond donors (Lipinski definition) is 1. The summed E-state index contributed by atoms with van der Waals surface area (Å²) in [7, 11) is 0. The van der Waals surface area contributed by atoms with Gasteiger partial charge in [-0.2, -0.15) is 5.10 Å². The second-order valence-electron chi connectivity index (χ2n) is 4.21. The Morgan fingerprint density at radius 1 is 1.19 bits per heavy atom. The lowest BCUT2D eigenvalue weighted by atomic mass is 10.2. The van der Waals surface area contributed by atoms with Crippen LogP contribution in [-0.4, -0.2) is 18.7 Å². The highest BCUT2D eigenvalue weighted by molar-refractivity contribution is 14.1. The predicted octanol–water partition coefficient (Wildman–Crippen LogP) is 3.45. The molecule has 5 heteroatoms. The second kappa shape index (κ2) is 7.78. The van der Waals surface area contributed by atoms with E-state index >= 15 is 0 Å². The van der Waals surface area contributed by atoms with Crippen molar-refractivity contribution in [2.24, 2.45) is 5.10 Å². The Hall–Kier alpha value is -1.89. The van der Waals surface area contributed by atoms with E-state index in [1.807, 2.05) is 31.2 Å². The van der Waals surface area contributed by atoms with Crippen LogP contribution >= 0.6 is 22.6 Å². The molecule has 0 unspecified atom stereocenters. The quantitative estimate of drug-likeness (QED) is 0.480. The minimum atomic E-state index is -0.250. The van der Waals surface area contributed by atoms with Crippen molar-refractivity contribution in [1.82, 2.24) is 5.43 Å². The van der Waals surface area contributed by atoms with Gasteiger partial charge in [0.2, 0.25) is 0 Å². The minimum absolute atomic E-state index is 0.250. The smallest absolute Gasteiger partial charge is 0.271 e. The summed E-state index contributed by atoms with van der Waals surface area (Å²) in [6.45, 7) is 2.52. The molecule has 0 bridgehead atoms. The fourth-order valence-corrected chi connectivity index (χ4v) is 2.01. The molecule has 0 aliphatic heterocycles. The van der Waals surface area contributed by atoms with Gasteiger partial charge in [-0.25, -0.2) is 5.43 Å². The average Bonchev–Trinajstić information content (AvgIpc) is 2.50. The van der Waals surface area contributed by atoms with Crippen LogP contribution in [0.3, 0.4) is 0 Å². The van der Waals surface area contributed by atoms with Gasteiger partial charge in [0.05, 0.1) is 12.8 Å². The molecule has 0 radical (unpaired) electrons. The van der Waals surface area contributed by atoms with Crippen LogP contribution in [0.1, 0.15) is 22.8 Å². The number of rotatable bonds is 5. The molecule has 0 spiro atoms. The number of carbonyl (C=O) groups excluding carboxylic acids is 1. The van der Waals surface area contributed by atoms with Gasteiger partial charge in [0, 0.05) is 9.13 Å². The summed E-state index contributed by atoms with van der Waals surface area (Å²) in [6, 6.07) is 14.8. The number of ether oxygens (including phenoxy) is 1. The summed E-state index contributed by atoms with van der Waals surface area (Å²) in [5.74, 6) is 0.497. The van der Waals surface area contributed by atoms with Gasteiger partial charge >= 0.3 is 0 Å². The van der Waals surface area contributed by atoms with Crippen molar-refractivity contribution < 1.29 is 9.53 Å². The third kappa shape index (κ3) is 4.86. The van der Waals surface area contributed by atoms with E-state index in [0.717, 1.165) is 14.9 Å². The molecule has 2 rings (SSSR count). The Bertz CT molecular complexity index is 622. The zero-order chi connectivity index (χ0) is 15.1. The Labute approximate surface area is 137 Å². The van der Waals surface area contributed by atoms with Gasteiger partial charge < -0.3 is 4.74 Å². The molecule has 0 saturated heterocycles. The molecule has 21 heavy (non-hydrogen) atoms. The van der Waals surface area contributed by atoms with Crippen molar-refractivity contribution in [3.63, 3.8) is 0 Å². The van der Waals surface area contributed by atoms with Crippen molar-refractivity contribution in [1.29, 1.82) is 0 Å². The number of nitrogens with zero attached hydrogens (tertiary/aromatic N) is 1. The standard InChI is InChI=1S/C16H15IN2O2/c1-2-21-15-9-5-13(6-10-15)16(20)19-18-11-12-3-7-14(17)8-4-12/h3-11H,2H2,1H3,(H,19,20)/b18-11-. The molecular weight excluding hydrogens is 379 g/mol. The fraction of sp³-hybridized carbons (Fsp3) is 0.125. The summed E-state index contributed by atoms with van der Waals surface area (Å²) in [4.78, 5) is 11.9. The zero-order valence-corrected chi connectivity index (χ0v) is 13.7. The first-order chi connectivity index (χ1) is 10.2. The molecular formula is C16H15IN2O2. The first-order valence-corrected chi connectivity index (χ1v) is 7.58. The lowest BCUT2D eigenvalue weighted by Gasteiger charge is -2.04. The van der Waals surface area contributed by atoms with Crippen molar-refractivity contribution in [2.75, 3.05) is 6.61 Å². The summed E-state index contributed by atoms with van der Waals surface area (Å²) < 4.78 is 6.48. The van der Waals surface area contributed by atoms with E-state index in [9.17, 15) is 4.79 Å². The number of amides is 1. The molecule has 0 atom stereocenters. The van der Waals surface area contributed by atoms with E-state index in [1.54, 1.807) is 30.5 Å². The summed E-state index contributed by atoms with van der Waals surface area (Å²) in [6.07, 6.45) is 1.61. The molecule has 1 amide bonds. The zero-order valence-electron chi connectivity index (χ0n) is 11.5. The number of nitrogens with one attached hydrogen (secondary N) is 1. The van der Waals surface area contributed by atoms with Gasteiger partial charge in [-0.1, -0.05) is 12.1 Å². The first kappa shape index (κ1) is 15.5. The van der Waals surface area contributed by atoms with Gasteiger partial charge in [-0.3, -0.25) is 4.79 Å². The maximum Gasteiger partial charge on any atom is 0.271 e. The van der Waals surface area contributed by atoms with Crippen LogP contribution in [0.25, 0.3) is 0 Å². The summed E-state index contributed by atoms with van der Waals surface area (Å²) in [5.41, 5.74) is 3.97. The van der Waals surface area contributed by atoms with Crippen LogP contribution in [0, 0.1) is 3.57 Å². The van der Waals surface area contributed by atoms with Gasteiger partial charge in [0.15, 0.2) is 0 Å². The first-order valence-electron chi connectivity index (χ1n) is 6.51. The van der Waals surface area contributed by atoms with Gasteiger partial charge in [0.1, 0.15) is 5.75 Å². The molecule has 4 nitrogen and oxygen atoms in total. The molecule has 0 fully saturated rings. The number of halogens is 1. The second-order valence-corrected chi connectivity index (χ2v) is 5.45. The van der Waals surface area contributed by atoms with Gasteiger partial charge in [0.25, 0.3) is 5.91 Å². The number of hydrogen-bond acceptors (Lipinski definition) is 3. The van der Waals surface area contributed by atoms with E-state index < -0.39 is 0 Å². The molecule has 0 aromatic heterocycles. The van der Waals surface area contributed by atoms with Crippen molar-refractivity contribution in [3.8, 4) is 5.75 Å². The SMILES string of the molecule is CCOc1ccc(C(=O)N/N=C\c2ccc(I)cc2)cc1. The highest BCUT2D eigenvalue weighted by Gasteiger charge is 2.03. The van der Waals surface area contributed by atoms with Crippen LogP contribution in [0.5, 0.6) is 5.75 Å². The number of hydrazone groups is 1. The Morgan fingerprint density at radius 2 is 1.86 bits per heavy atom. The topological polar surface area (TPSA) is 50.7 Å². The molecule has 2 aromatic rings. The number of carbonyl (C=O) groups is 1. The van der Waals surface area contributed by atoms with Crippen molar-refractivity contribution in [3.05, 3.63) is 63.2 Å². The highest BCUT2D eigenvalue weighted by atomic mass is 127. The summed E-state index contributed by atoms with van der Waals surface area (Å²) in [5, 5.41) is 3.95. The number of benzene rings is 2. The van der Waals surface area contributed by atoms with Gasteiger partial charge in [-0.15, -0.1) is 0 Å². The van der Waals surface area contributed by atoms with E-state index in [1.165, 1.54) is 0 Å². The van der Waals surface area contributed by atoms with Crippen LogP contribution < -0.4 is 10.2 Å². The van der Waals surface area contributed by atoms with Crippen LogP contribution in [-0.2, 0) is 0 Å².